The maximum absolute atomic E-state index is 12.6. The van der Waals surface area contributed by atoms with Crippen LogP contribution in [-0.2, 0) is 4.79 Å². The summed E-state index contributed by atoms with van der Waals surface area (Å²) < 4.78 is 0. The van der Waals surface area contributed by atoms with Crippen LogP contribution in [0.1, 0.15) is 48.5 Å². The van der Waals surface area contributed by atoms with E-state index >= 15 is 0 Å². The van der Waals surface area contributed by atoms with E-state index in [-0.39, 0.29) is 18.4 Å². The minimum absolute atomic E-state index is 0.0468. The molecule has 31 heavy (non-hydrogen) atoms. The van der Waals surface area contributed by atoms with Gasteiger partial charge in [0.1, 0.15) is 0 Å². The number of amides is 2. The summed E-state index contributed by atoms with van der Waals surface area (Å²) in [6.07, 6.45) is 10.4. The van der Waals surface area contributed by atoms with Crippen molar-refractivity contribution in [2.24, 2.45) is 5.10 Å². The Kier molecular flexibility index (Phi) is 8.13. The fourth-order valence-electron chi connectivity index (χ4n) is 3.80. The number of piperazine rings is 1. The minimum atomic E-state index is -0.155. The van der Waals surface area contributed by atoms with Gasteiger partial charge in [-0.25, -0.2) is 5.43 Å². The second-order valence-corrected chi connectivity index (χ2v) is 7.85. The molecule has 0 unspecified atom stereocenters. The molecule has 1 fully saturated rings. The van der Waals surface area contributed by atoms with E-state index in [9.17, 15) is 9.59 Å². The molecule has 1 saturated heterocycles. The van der Waals surface area contributed by atoms with E-state index in [1.165, 1.54) is 5.57 Å². The highest BCUT2D eigenvalue weighted by atomic mass is 16.2. The molecule has 3 rings (SSSR count). The van der Waals surface area contributed by atoms with Gasteiger partial charge in [0.05, 0.1) is 24.4 Å². The van der Waals surface area contributed by atoms with Crippen LogP contribution in [0, 0.1) is 11.3 Å². The lowest BCUT2D eigenvalue weighted by Crippen LogP contribution is -2.50. The number of carbonyl (C=O) groups excluding carboxylic acids is 2. The second kappa shape index (κ2) is 11.2. The molecule has 1 N–H and O–H groups in total. The van der Waals surface area contributed by atoms with Crippen LogP contribution < -0.4 is 5.43 Å². The molecule has 1 aliphatic carbocycles. The maximum Gasteiger partial charge on any atom is 0.254 e. The molecule has 1 aromatic carbocycles. The SMILES string of the molecule is CCCC1=CC(/C=N/NC(=O)CN2CCN(C(=O)c3ccc(C#N)cc3)CC2)=CCC1. The average molecular weight is 420 g/mol. The van der Waals surface area contributed by atoms with Crippen molar-refractivity contribution in [3.05, 3.63) is 58.7 Å². The third-order valence-corrected chi connectivity index (χ3v) is 5.48. The largest absolute Gasteiger partial charge is 0.336 e. The Morgan fingerprint density at radius 1 is 1.19 bits per heavy atom. The summed E-state index contributed by atoms with van der Waals surface area (Å²) in [5.74, 6) is -0.202. The predicted molar refractivity (Wildman–Crippen MR) is 120 cm³/mol. The van der Waals surface area contributed by atoms with Crippen molar-refractivity contribution >= 4 is 18.0 Å². The van der Waals surface area contributed by atoms with Crippen LogP contribution >= 0.6 is 0 Å². The number of hydrogen-bond acceptors (Lipinski definition) is 5. The molecule has 1 heterocycles. The Balaban J connectivity index is 1.41. The molecule has 0 atom stereocenters. The zero-order chi connectivity index (χ0) is 22.1. The molecule has 2 amide bonds. The molecular formula is C24H29N5O2. The number of nitrogens with one attached hydrogen (secondary N) is 1. The highest BCUT2D eigenvalue weighted by Gasteiger charge is 2.23. The summed E-state index contributed by atoms with van der Waals surface area (Å²) in [7, 11) is 0. The van der Waals surface area contributed by atoms with Crippen LogP contribution in [0.25, 0.3) is 0 Å². The summed E-state index contributed by atoms with van der Waals surface area (Å²) in [5.41, 5.74) is 6.20. The Labute approximate surface area is 183 Å². The van der Waals surface area contributed by atoms with E-state index in [0.29, 0.717) is 37.3 Å². The van der Waals surface area contributed by atoms with Crippen LogP contribution in [0.4, 0.5) is 0 Å². The number of rotatable bonds is 7. The van der Waals surface area contributed by atoms with Gasteiger partial charge in [-0.2, -0.15) is 10.4 Å². The monoisotopic (exact) mass is 419 g/mol. The first-order valence-electron chi connectivity index (χ1n) is 10.8. The van der Waals surface area contributed by atoms with Gasteiger partial charge in [-0.15, -0.1) is 0 Å². The van der Waals surface area contributed by atoms with Crippen molar-refractivity contribution in [1.29, 1.82) is 5.26 Å². The first-order chi connectivity index (χ1) is 15.1. The molecular weight excluding hydrogens is 390 g/mol. The number of benzene rings is 1. The van der Waals surface area contributed by atoms with E-state index < -0.39 is 0 Å². The Hall–Kier alpha value is -3.24. The molecule has 0 aromatic heterocycles. The third kappa shape index (κ3) is 6.63. The second-order valence-electron chi connectivity index (χ2n) is 7.85. The molecule has 7 nitrogen and oxygen atoms in total. The van der Waals surface area contributed by atoms with Crippen molar-refractivity contribution < 1.29 is 9.59 Å². The fourth-order valence-corrected chi connectivity index (χ4v) is 3.80. The summed E-state index contributed by atoms with van der Waals surface area (Å²) in [5, 5.41) is 13.0. The normalized spacial score (nSPS) is 17.1. The lowest BCUT2D eigenvalue weighted by molar-refractivity contribution is -0.122. The molecule has 0 radical (unpaired) electrons. The van der Waals surface area contributed by atoms with Crippen molar-refractivity contribution in [2.75, 3.05) is 32.7 Å². The Bertz CT molecular complexity index is 916. The zero-order valence-electron chi connectivity index (χ0n) is 18.0. The summed E-state index contributed by atoms with van der Waals surface area (Å²) in [4.78, 5) is 28.6. The first-order valence-corrected chi connectivity index (χ1v) is 10.8. The highest BCUT2D eigenvalue weighted by Crippen LogP contribution is 2.20. The molecule has 162 valence electrons. The Morgan fingerprint density at radius 3 is 2.61 bits per heavy atom. The average Bonchev–Trinajstić information content (AvgIpc) is 2.80. The van der Waals surface area contributed by atoms with Crippen LogP contribution in [-0.4, -0.2) is 60.6 Å². The lowest BCUT2D eigenvalue weighted by atomic mass is 9.97. The van der Waals surface area contributed by atoms with Crippen molar-refractivity contribution in [3.63, 3.8) is 0 Å². The van der Waals surface area contributed by atoms with Gasteiger partial charge in [-0.1, -0.05) is 31.1 Å². The number of nitrogens with zero attached hydrogens (tertiary/aromatic N) is 4. The van der Waals surface area contributed by atoms with Gasteiger partial charge in [0.25, 0.3) is 11.8 Å². The highest BCUT2D eigenvalue weighted by molar-refractivity contribution is 5.94. The van der Waals surface area contributed by atoms with Crippen LogP contribution in [0.3, 0.4) is 0 Å². The van der Waals surface area contributed by atoms with E-state index in [2.05, 4.69) is 35.7 Å². The van der Waals surface area contributed by atoms with Crippen molar-refractivity contribution in [1.82, 2.24) is 15.2 Å². The predicted octanol–water partition coefficient (Wildman–Crippen LogP) is 2.86. The van der Waals surface area contributed by atoms with Gasteiger partial charge < -0.3 is 4.90 Å². The van der Waals surface area contributed by atoms with Gasteiger partial charge >= 0.3 is 0 Å². The summed E-state index contributed by atoms with van der Waals surface area (Å²) in [6.45, 7) is 4.82. The van der Waals surface area contributed by atoms with Gasteiger partial charge in [0.15, 0.2) is 0 Å². The fraction of sp³-hybridized carbons (Fsp3) is 0.417. The van der Waals surface area contributed by atoms with Crippen LogP contribution in [0.15, 0.2) is 52.7 Å². The minimum Gasteiger partial charge on any atom is -0.336 e. The molecule has 7 heteroatoms. The Morgan fingerprint density at radius 2 is 1.94 bits per heavy atom. The standard InChI is InChI=1S/C24H29N5O2/c1-2-4-19-5-3-6-21(15-19)17-26-27-23(30)18-28-11-13-29(14-12-28)24(31)22-9-7-20(16-25)8-10-22/h6-10,15,17H,2-5,11-14,18H2,1H3,(H,27,30)/b26-17+. The molecule has 0 saturated carbocycles. The smallest absolute Gasteiger partial charge is 0.254 e. The number of carbonyl (C=O) groups is 2. The maximum atomic E-state index is 12.6. The van der Waals surface area contributed by atoms with Crippen LogP contribution in [0.5, 0.6) is 0 Å². The number of hydrogen-bond donors (Lipinski definition) is 1. The van der Waals surface area contributed by atoms with Crippen LogP contribution in [0.2, 0.25) is 0 Å². The number of allylic oxidation sites excluding steroid dienone is 4. The van der Waals surface area contributed by atoms with E-state index in [0.717, 1.165) is 31.3 Å². The molecule has 1 aromatic rings. The van der Waals surface area contributed by atoms with E-state index in [4.69, 9.17) is 5.26 Å². The third-order valence-electron chi connectivity index (χ3n) is 5.48. The number of nitriles is 1. The zero-order valence-corrected chi connectivity index (χ0v) is 18.0. The van der Waals surface area contributed by atoms with Crippen molar-refractivity contribution in [3.8, 4) is 6.07 Å². The summed E-state index contributed by atoms with van der Waals surface area (Å²) >= 11 is 0. The van der Waals surface area contributed by atoms with Crippen molar-refractivity contribution in [2.45, 2.75) is 32.6 Å². The molecule has 2 aliphatic rings. The van der Waals surface area contributed by atoms with E-state index in [1.54, 1.807) is 35.4 Å². The quantitative estimate of drug-likeness (QED) is 0.544. The number of hydrazone groups is 1. The molecule has 1 aliphatic heterocycles. The van der Waals surface area contributed by atoms with Gasteiger partial charge in [-0.3, -0.25) is 14.5 Å². The van der Waals surface area contributed by atoms with E-state index in [1.807, 2.05) is 4.90 Å². The first kappa shape index (κ1) is 22.4. The lowest BCUT2D eigenvalue weighted by Gasteiger charge is -2.34. The topological polar surface area (TPSA) is 88.8 Å². The van der Waals surface area contributed by atoms with Gasteiger partial charge in [0.2, 0.25) is 0 Å². The van der Waals surface area contributed by atoms with Gasteiger partial charge in [-0.05, 0) is 49.1 Å². The molecule has 0 bridgehead atoms. The van der Waals surface area contributed by atoms with Gasteiger partial charge in [0, 0.05) is 31.7 Å². The summed E-state index contributed by atoms with van der Waals surface area (Å²) in [6, 6.07) is 8.72. The molecule has 0 spiro atoms.